The van der Waals surface area contributed by atoms with Gasteiger partial charge < -0.3 is 5.32 Å². The minimum absolute atomic E-state index is 0.294. The second kappa shape index (κ2) is 6.75. The lowest BCUT2D eigenvalue weighted by Gasteiger charge is -2.19. The van der Waals surface area contributed by atoms with Crippen LogP contribution in [-0.4, -0.2) is 37.3 Å². The maximum absolute atomic E-state index is 12.8. The Labute approximate surface area is 127 Å². The fraction of sp³-hybridized carbons (Fsp3) is 0.667. The van der Waals surface area contributed by atoms with Crippen LogP contribution in [0.15, 0.2) is 23.2 Å². The monoisotopic (exact) mass is 311 g/mol. The van der Waals surface area contributed by atoms with Gasteiger partial charge >= 0.3 is 0 Å². The Morgan fingerprint density at radius 3 is 2.86 bits per heavy atom. The number of sulfonamides is 1. The molecule has 1 aliphatic heterocycles. The number of rotatable bonds is 6. The lowest BCUT2D eigenvalue weighted by Crippen LogP contribution is -2.30. The molecule has 0 aliphatic carbocycles. The van der Waals surface area contributed by atoms with E-state index in [1.807, 2.05) is 6.92 Å². The SMILES string of the molecule is CCCNc1ncccc1S(=O)(=O)N1CCC(C(C)C)C1. The summed E-state index contributed by atoms with van der Waals surface area (Å²) >= 11 is 0. The van der Waals surface area contributed by atoms with Crippen molar-refractivity contribution in [1.29, 1.82) is 0 Å². The molecule has 21 heavy (non-hydrogen) atoms. The molecule has 0 radical (unpaired) electrons. The Morgan fingerprint density at radius 1 is 1.48 bits per heavy atom. The number of nitrogens with zero attached hydrogens (tertiary/aromatic N) is 2. The van der Waals surface area contributed by atoms with Crippen molar-refractivity contribution in [3.63, 3.8) is 0 Å². The van der Waals surface area contributed by atoms with Gasteiger partial charge in [-0.25, -0.2) is 13.4 Å². The average molecular weight is 311 g/mol. The highest BCUT2D eigenvalue weighted by molar-refractivity contribution is 7.89. The van der Waals surface area contributed by atoms with Crippen molar-refractivity contribution in [1.82, 2.24) is 9.29 Å². The molecular weight excluding hydrogens is 286 g/mol. The van der Waals surface area contributed by atoms with Crippen LogP contribution in [0.25, 0.3) is 0 Å². The molecule has 0 saturated carbocycles. The highest BCUT2D eigenvalue weighted by atomic mass is 32.2. The van der Waals surface area contributed by atoms with E-state index in [0.29, 0.717) is 42.2 Å². The molecule has 2 heterocycles. The van der Waals surface area contributed by atoms with E-state index in [1.165, 1.54) is 0 Å². The molecule has 1 N–H and O–H groups in total. The van der Waals surface area contributed by atoms with Crippen LogP contribution in [0.2, 0.25) is 0 Å². The number of aromatic nitrogens is 1. The van der Waals surface area contributed by atoms with Crippen molar-refractivity contribution in [2.45, 2.75) is 38.5 Å². The fourth-order valence-electron chi connectivity index (χ4n) is 2.63. The smallest absolute Gasteiger partial charge is 0.246 e. The third-order valence-corrected chi connectivity index (χ3v) is 5.96. The van der Waals surface area contributed by atoms with E-state index in [9.17, 15) is 8.42 Å². The second-order valence-corrected chi connectivity index (χ2v) is 7.84. The normalized spacial score (nSPS) is 20.1. The zero-order valence-corrected chi connectivity index (χ0v) is 13.9. The Balaban J connectivity index is 2.24. The quantitative estimate of drug-likeness (QED) is 0.877. The molecule has 0 aromatic carbocycles. The van der Waals surface area contributed by atoms with Gasteiger partial charge in [0.1, 0.15) is 10.7 Å². The first kappa shape index (κ1) is 16.2. The predicted molar refractivity (Wildman–Crippen MR) is 84.7 cm³/mol. The molecule has 0 bridgehead atoms. The summed E-state index contributed by atoms with van der Waals surface area (Å²) in [5.74, 6) is 1.42. The minimum Gasteiger partial charge on any atom is -0.369 e. The van der Waals surface area contributed by atoms with Crippen LogP contribution < -0.4 is 5.32 Å². The first-order chi connectivity index (χ1) is 9.96. The molecule has 6 heteroatoms. The van der Waals surface area contributed by atoms with Crippen LogP contribution in [0.5, 0.6) is 0 Å². The first-order valence-corrected chi connectivity index (χ1v) is 9.09. The average Bonchev–Trinajstić information content (AvgIpc) is 2.96. The van der Waals surface area contributed by atoms with E-state index in [-0.39, 0.29) is 0 Å². The van der Waals surface area contributed by atoms with Crippen LogP contribution >= 0.6 is 0 Å². The highest BCUT2D eigenvalue weighted by Gasteiger charge is 2.35. The fourth-order valence-corrected chi connectivity index (χ4v) is 4.26. The molecule has 0 spiro atoms. The Hall–Kier alpha value is -1.14. The largest absolute Gasteiger partial charge is 0.369 e. The van der Waals surface area contributed by atoms with E-state index < -0.39 is 10.0 Å². The van der Waals surface area contributed by atoms with Gasteiger partial charge in [-0.2, -0.15) is 4.31 Å². The van der Waals surface area contributed by atoms with Crippen LogP contribution in [0, 0.1) is 11.8 Å². The summed E-state index contributed by atoms with van der Waals surface area (Å²) in [5, 5.41) is 3.11. The molecular formula is C15H25N3O2S. The molecule has 1 unspecified atom stereocenters. The van der Waals surface area contributed by atoms with Gasteiger partial charge in [0.2, 0.25) is 10.0 Å². The van der Waals surface area contributed by atoms with Gasteiger partial charge in [0.25, 0.3) is 0 Å². The number of hydrogen-bond donors (Lipinski definition) is 1. The maximum atomic E-state index is 12.8. The molecule has 5 nitrogen and oxygen atoms in total. The summed E-state index contributed by atoms with van der Waals surface area (Å²) in [5.41, 5.74) is 0. The van der Waals surface area contributed by atoms with E-state index in [1.54, 1.807) is 22.6 Å². The summed E-state index contributed by atoms with van der Waals surface area (Å²) in [6.45, 7) is 8.28. The lowest BCUT2D eigenvalue weighted by molar-refractivity contribution is 0.388. The highest BCUT2D eigenvalue weighted by Crippen LogP contribution is 2.30. The summed E-state index contributed by atoms with van der Waals surface area (Å²) in [7, 11) is -3.46. The standard InChI is InChI=1S/C15H25N3O2S/c1-4-8-16-15-14(6-5-9-17-15)21(19,20)18-10-7-13(11-18)12(2)3/h5-6,9,12-13H,4,7-8,10-11H2,1-3H3,(H,16,17). The topological polar surface area (TPSA) is 62.3 Å². The van der Waals surface area contributed by atoms with Crippen LogP contribution in [0.1, 0.15) is 33.6 Å². The van der Waals surface area contributed by atoms with Gasteiger partial charge in [-0.1, -0.05) is 20.8 Å². The van der Waals surface area contributed by atoms with Gasteiger partial charge in [-0.05, 0) is 36.8 Å². The van der Waals surface area contributed by atoms with Crippen molar-refractivity contribution in [3.8, 4) is 0 Å². The van der Waals surface area contributed by atoms with Gasteiger partial charge in [-0.3, -0.25) is 0 Å². The first-order valence-electron chi connectivity index (χ1n) is 7.65. The Bertz CT molecular complexity index is 572. The van der Waals surface area contributed by atoms with Gasteiger partial charge in [0.05, 0.1) is 0 Å². The van der Waals surface area contributed by atoms with Crippen LogP contribution in [-0.2, 0) is 10.0 Å². The number of nitrogens with one attached hydrogen (secondary N) is 1. The van der Waals surface area contributed by atoms with E-state index in [0.717, 1.165) is 12.8 Å². The van der Waals surface area contributed by atoms with Gasteiger partial charge in [-0.15, -0.1) is 0 Å². The van der Waals surface area contributed by atoms with Crippen LogP contribution in [0.4, 0.5) is 5.82 Å². The van der Waals surface area contributed by atoms with Crippen molar-refractivity contribution < 1.29 is 8.42 Å². The van der Waals surface area contributed by atoms with Crippen molar-refractivity contribution in [3.05, 3.63) is 18.3 Å². The summed E-state index contributed by atoms with van der Waals surface area (Å²) < 4.78 is 27.3. The van der Waals surface area contributed by atoms with Crippen molar-refractivity contribution in [2.24, 2.45) is 11.8 Å². The predicted octanol–water partition coefficient (Wildman–Crippen LogP) is 2.57. The van der Waals surface area contributed by atoms with Crippen molar-refractivity contribution >= 4 is 15.8 Å². The molecule has 1 aromatic heterocycles. The molecule has 1 atom stereocenters. The van der Waals surface area contributed by atoms with E-state index in [4.69, 9.17) is 0 Å². The third kappa shape index (κ3) is 3.55. The molecule has 118 valence electrons. The number of anilines is 1. The third-order valence-electron chi connectivity index (χ3n) is 4.06. The second-order valence-electron chi connectivity index (χ2n) is 5.93. The Morgan fingerprint density at radius 2 is 2.24 bits per heavy atom. The zero-order valence-electron chi connectivity index (χ0n) is 13.0. The molecule has 2 rings (SSSR count). The van der Waals surface area contributed by atoms with Gasteiger partial charge in [0, 0.05) is 25.8 Å². The summed E-state index contributed by atoms with van der Waals surface area (Å²) in [6, 6.07) is 3.32. The minimum atomic E-state index is -3.46. The maximum Gasteiger partial charge on any atom is 0.246 e. The number of hydrogen-bond acceptors (Lipinski definition) is 4. The lowest BCUT2D eigenvalue weighted by atomic mass is 9.96. The molecule has 1 aromatic rings. The van der Waals surface area contributed by atoms with E-state index in [2.05, 4.69) is 24.1 Å². The van der Waals surface area contributed by atoms with Gasteiger partial charge in [0.15, 0.2) is 0 Å². The molecule has 1 fully saturated rings. The summed E-state index contributed by atoms with van der Waals surface area (Å²) in [4.78, 5) is 4.49. The van der Waals surface area contributed by atoms with Crippen LogP contribution in [0.3, 0.4) is 0 Å². The van der Waals surface area contributed by atoms with E-state index >= 15 is 0 Å². The molecule has 1 saturated heterocycles. The summed E-state index contributed by atoms with van der Waals surface area (Å²) in [6.07, 6.45) is 3.49. The zero-order chi connectivity index (χ0) is 15.5. The molecule has 1 aliphatic rings. The number of pyridine rings is 1. The Kier molecular flexibility index (Phi) is 5.22. The molecule has 0 amide bonds. The van der Waals surface area contributed by atoms with Crippen molar-refractivity contribution in [2.75, 3.05) is 25.0 Å².